The van der Waals surface area contributed by atoms with E-state index in [1.807, 2.05) is 74.5 Å². The number of thiophene rings is 1. The summed E-state index contributed by atoms with van der Waals surface area (Å²) in [5.74, 6) is -0.448. The standard InChI is InChI=1S/C27H26N2O3S2/c1-4-20-9-8-12-22(17-20)28-27(30)25-26(24(18-33-25)21-10-6-5-7-11-21)34(31,32)29(3)23-15-13-19(2)14-16-23/h5-18H,4H2,1-3H3,(H,28,30). The average molecular weight is 491 g/mol. The minimum Gasteiger partial charge on any atom is -0.321 e. The molecule has 0 fully saturated rings. The third-order valence-corrected chi connectivity index (χ3v) is 8.63. The van der Waals surface area contributed by atoms with Crippen molar-refractivity contribution in [3.8, 4) is 11.1 Å². The summed E-state index contributed by atoms with van der Waals surface area (Å²) in [5.41, 5.74) is 4.52. The molecule has 34 heavy (non-hydrogen) atoms. The molecule has 0 aliphatic carbocycles. The van der Waals surface area contributed by atoms with Crippen LogP contribution in [0.15, 0.2) is 89.1 Å². The number of sulfonamides is 1. The minimum absolute atomic E-state index is 0.0101. The maximum absolute atomic E-state index is 13.9. The molecule has 1 heterocycles. The van der Waals surface area contributed by atoms with Gasteiger partial charge in [0.1, 0.15) is 9.77 Å². The highest BCUT2D eigenvalue weighted by molar-refractivity contribution is 7.93. The second-order valence-corrected chi connectivity index (χ2v) is 10.8. The molecule has 0 saturated carbocycles. The van der Waals surface area contributed by atoms with Gasteiger partial charge in [0.2, 0.25) is 0 Å². The van der Waals surface area contributed by atoms with Gasteiger partial charge in [-0.2, -0.15) is 0 Å². The first-order chi connectivity index (χ1) is 16.3. The van der Waals surface area contributed by atoms with Gasteiger partial charge < -0.3 is 5.32 Å². The topological polar surface area (TPSA) is 66.5 Å². The number of benzene rings is 3. The Balaban J connectivity index is 1.81. The van der Waals surface area contributed by atoms with Crippen LogP contribution in [-0.4, -0.2) is 21.4 Å². The third-order valence-electron chi connectivity index (χ3n) is 5.65. The fourth-order valence-corrected chi connectivity index (χ4v) is 6.52. The summed E-state index contributed by atoms with van der Waals surface area (Å²) in [6.07, 6.45) is 0.835. The van der Waals surface area contributed by atoms with Crippen LogP contribution in [0.1, 0.15) is 27.7 Å². The van der Waals surface area contributed by atoms with Crippen LogP contribution in [0.5, 0.6) is 0 Å². The highest BCUT2D eigenvalue weighted by Gasteiger charge is 2.32. The second-order valence-electron chi connectivity index (χ2n) is 7.99. The molecule has 4 rings (SSSR count). The lowest BCUT2D eigenvalue weighted by molar-refractivity contribution is 0.102. The maximum Gasteiger partial charge on any atom is 0.267 e. The Morgan fingerprint density at radius 1 is 0.971 bits per heavy atom. The van der Waals surface area contributed by atoms with Crippen LogP contribution in [0.3, 0.4) is 0 Å². The lowest BCUT2D eigenvalue weighted by Crippen LogP contribution is -2.28. The highest BCUT2D eigenvalue weighted by atomic mass is 32.2. The normalized spacial score (nSPS) is 11.3. The Morgan fingerprint density at radius 3 is 2.35 bits per heavy atom. The summed E-state index contributed by atoms with van der Waals surface area (Å²) in [4.78, 5) is 13.5. The smallest absolute Gasteiger partial charge is 0.267 e. The fourth-order valence-electron chi connectivity index (χ4n) is 3.66. The molecule has 0 unspecified atom stereocenters. The molecule has 0 atom stereocenters. The van der Waals surface area contributed by atoms with Crippen LogP contribution in [-0.2, 0) is 16.4 Å². The highest BCUT2D eigenvalue weighted by Crippen LogP contribution is 2.38. The molecule has 5 nitrogen and oxygen atoms in total. The SMILES string of the molecule is CCc1cccc(NC(=O)c2scc(-c3ccccc3)c2S(=O)(=O)N(C)c2ccc(C)cc2)c1. The number of hydrogen-bond acceptors (Lipinski definition) is 4. The molecule has 0 aliphatic heterocycles. The number of amides is 1. The van der Waals surface area contributed by atoms with Crippen molar-refractivity contribution in [2.75, 3.05) is 16.7 Å². The van der Waals surface area contributed by atoms with E-state index in [4.69, 9.17) is 0 Å². The van der Waals surface area contributed by atoms with E-state index >= 15 is 0 Å². The number of hydrogen-bond donors (Lipinski definition) is 1. The number of carbonyl (C=O) groups excluding carboxylic acids is 1. The largest absolute Gasteiger partial charge is 0.321 e. The second kappa shape index (κ2) is 9.83. The Morgan fingerprint density at radius 2 is 1.68 bits per heavy atom. The van der Waals surface area contributed by atoms with Gasteiger partial charge in [0.15, 0.2) is 0 Å². The first-order valence-electron chi connectivity index (χ1n) is 10.9. The van der Waals surface area contributed by atoms with E-state index in [0.29, 0.717) is 16.9 Å². The number of nitrogens with zero attached hydrogens (tertiary/aromatic N) is 1. The summed E-state index contributed by atoms with van der Waals surface area (Å²) in [7, 11) is -2.53. The minimum atomic E-state index is -4.04. The van der Waals surface area contributed by atoms with Gasteiger partial charge in [-0.3, -0.25) is 9.10 Å². The van der Waals surface area contributed by atoms with Crippen molar-refractivity contribution in [2.24, 2.45) is 0 Å². The van der Waals surface area contributed by atoms with Crippen LogP contribution < -0.4 is 9.62 Å². The molecule has 1 amide bonds. The molecule has 0 spiro atoms. The van der Waals surface area contributed by atoms with Crippen LogP contribution in [0.4, 0.5) is 11.4 Å². The molecule has 0 bridgehead atoms. The van der Waals surface area contributed by atoms with Gasteiger partial charge in [0.05, 0.1) is 5.69 Å². The van der Waals surface area contributed by atoms with Crippen LogP contribution >= 0.6 is 11.3 Å². The fraction of sp³-hybridized carbons (Fsp3) is 0.148. The summed E-state index contributed by atoms with van der Waals surface area (Å²) in [5, 5.41) is 4.62. The summed E-state index contributed by atoms with van der Waals surface area (Å²) in [6, 6.07) is 24.1. The van der Waals surface area contributed by atoms with Crippen molar-refractivity contribution in [1.82, 2.24) is 0 Å². The summed E-state index contributed by atoms with van der Waals surface area (Å²) in [6.45, 7) is 3.98. The van der Waals surface area contributed by atoms with Gasteiger partial charge in [-0.05, 0) is 48.7 Å². The van der Waals surface area contributed by atoms with E-state index in [2.05, 4.69) is 5.32 Å². The lowest BCUT2D eigenvalue weighted by Gasteiger charge is -2.21. The Hall–Kier alpha value is -3.42. The molecule has 4 aromatic rings. The van der Waals surface area contributed by atoms with E-state index in [0.717, 1.165) is 34.4 Å². The van der Waals surface area contributed by atoms with E-state index in [-0.39, 0.29) is 9.77 Å². The van der Waals surface area contributed by atoms with Crippen molar-refractivity contribution in [3.05, 3.63) is 100 Å². The average Bonchev–Trinajstić information content (AvgIpc) is 3.31. The lowest BCUT2D eigenvalue weighted by atomic mass is 10.1. The Bertz CT molecular complexity index is 1410. The number of anilines is 2. The number of carbonyl (C=O) groups is 1. The van der Waals surface area contributed by atoms with Crippen LogP contribution in [0.2, 0.25) is 0 Å². The predicted octanol–water partition coefficient (Wildman–Crippen LogP) is 6.36. The molecule has 3 aromatic carbocycles. The molecule has 1 aromatic heterocycles. The molecule has 174 valence electrons. The van der Waals surface area contributed by atoms with Gasteiger partial charge in [0.25, 0.3) is 15.9 Å². The first kappa shape index (κ1) is 23.7. The number of aryl methyl sites for hydroxylation is 2. The van der Waals surface area contributed by atoms with Crippen molar-refractivity contribution in [1.29, 1.82) is 0 Å². The Labute approximate surface area is 204 Å². The summed E-state index contributed by atoms with van der Waals surface area (Å²) < 4.78 is 29.0. The molecule has 0 saturated heterocycles. The van der Waals surface area contributed by atoms with Gasteiger partial charge in [-0.1, -0.05) is 67.1 Å². The molecular weight excluding hydrogens is 464 g/mol. The van der Waals surface area contributed by atoms with Crippen molar-refractivity contribution < 1.29 is 13.2 Å². The number of nitrogens with one attached hydrogen (secondary N) is 1. The quantitative estimate of drug-likeness (QED) is 0.328. The van der Waals surface area contributed by atoms with Gasteiger partial charge in [0, 0.05) is 23.7 Å². The van der Waals surface area contributed by atoms with Crippen molar-refractivity contribution in [3.63, 3.8) is 0 Å². The van der Waals surface area contributed by atoms with Gasteiger partial charge in [-0.25, -0.2) is 8.42 Å². The van der Waals surface area contributed by atoms with Gasteiger partial charge in [-0.15, -0.1) is 11.3 Å². The molecule has 0 aliphatic rings. The van der Waals surface area contributed by atoms with Crippen molar-refractivity contribution in [2.45, 2.75) is 25.2 Å². The summed E-state index contributed by atoms with van der Waals surface area (Å²) >= 11 is 1.13. The zero-order chi connectivity index (χ0) is 24.3. The zero-order valence-corrected chi connectivity index (χ0v) is 20.9. The number of rotatable bonds is 7. The first-order valence-corrected chi connectivity index (χ1v) is 13.3. The van der Waals surface area contributed by atoms with E-state index < -0.39 is 15.9 Å². The van der Waals surface area contributed by atoms with Gasteiger partial charge >= 0.3 is 0 Å². The van der Waals surface area contributed by atoms with E-state index in [1.54, 1.807) is 23.6 Å². The van der Waals surface area contributed by atoms with Crippen molar-refractivity contribution >= 4 is 38.6 Å². The zero-order valence-electron chi connectivity index (χ0n) is 19.3. The van der Waals surface area contributed by atoms with Crippen LogP contribution in [0, 0.1) is 6.92 Å². The third kappa shape index (κ3) is 4.76. The van der Waals surface area contributed by atoms with Crippen LogP contribution in [0.25, 0.3) is 11.1 Å². The van der Waals surface area contributed by atoms with E-state index in [9.17, 15) is 13.2 Å². The maximum atomic E-state index is 13.9. The Kier molecular flexibility index (Phi) is 6.86. The van der Waals surface area contributed by atoms with E-state index in [1.165, 1.54) is 11.4 Å². The molecular formula is C27H26N2O3S2. The molecule has 7 heteroatoms. The molecule has 0 radical (unpaired) electrons. The molecule has 1 N–H and O–H groups in total. The monoisotopic (exact) mass is 490 g/mol. The predicted molar refractivity (Wildman–Crippen MR) is 140 cm³/mol.